The third-order valence-electron chi connectivity index (χ3n) is 4.64. The van der Waals surface area contributed by atoms with Crippen molar-refractivity contribution in [1.82, 2.24) is 24.8 Å². The van der Waals surface area contributed by atoms with E-state index in [-0.39, 0.29) is 23.4 Å². The van der Waals surface area contributed by atoms with Crippen molar-refractivity contribution in [3.8, 4) is 0 Å². The van der Waals surface area contributed by atoms with Crippen LogP contribution in [0.5, 0.6) is 0 Å². The fourth-order valence-electron chi connectivity index (χ4n) is 3.31. The molecule has 0 fully saturated rings. The zero-order valence-electron chi connectivity index (χ0n) is 18.7. The van der Waals surface area contributed by atoms with Crippen LogP contribution in [0.15, 0.2) is 41.4 Å². The number of hydrogen-bond donors (Lipinski definition) is 2. The molecule has 31 heavy (non-hydrogen) atoms. The first-order valence-corrected chi connectivity index (χ1v) is 11.6. The van der Waals surface area contributed by atoms with Crippen LogP contribution in [0, 0.1) is 6.92 Å². The number of aryl methyl sites for hydroxylation is 1. The van der Waals surface area contributed by atoms with E-state index in [1.165, 1.54) is 6.07 Å². The molecule has 3 rings (SSSR count). The number of fused-ring (bicyclic) bond motifs is 1. The summed E-state index contributed by atoms with van der Waals surface area (Å²) in [6.45, 7) is 11.2. The lowest BCUT2D eigenvalue weighted by Gasteiger charge is -2.21. The number of amides is 1. The second-order valence-electron chi connectivity index (χ2n) is 8.86. The molecule has 0 saturated carbocycles. The largest absolute Gasteiger partial charge is 0.348 e. The first kappa shape index (κ1) is 22.9. The van der Waals surface area contributed by atoms with E-state index < -0.39 is 15.6 Å². The Bertz CT molecular complexity index is 1220. The maximum Gasteiger partial charge on any atom is 0.253 e. The summed E-state index contributed by atoms with van der Waals surface area (Å²) < 4.78 is 30.1. The summed E-state index contributed by atoms with van der Waals surface area (Å²) in [5.74, 6) is -0.319. The highest BCUT2D eigenvalue weighted by atomic mass is 32.2. The van der Waals surface area contributed by atoms with Gasteiger partial charge in [-0.1, -0.05) is 18.2 Å². The van der Waals surface area contributed by atoms with Gasteiger partial charge < -0.3 is 5.32 Å². The normalized spacial score (nSPS) is 12.5. The number of aromatic nitrogens is 3. The molecule has 1 amide bonds. The summed E-state index contributed by atoms with van der Waals surface area (Å²) in [6, 6.07) is 8.56. The van der Waals surface area contributed by atoms with Crippen LogP contribution in [0.2, 0.25) is 0 Å². The van der Waals surface area contributed by atoms with Gasteiger partial charge in [-0.25, -0.2) is 22.8 Å². The number of hydrogen-bond acceptors (Lipinski definition) is 5. The van der Waals surface area contributed by atoms with Crippen LogP contribution in [-0.2, 0) is 16.6 Å². The van der Waals surface area contributed by atoms with E-state index >= 15 is 0 Å². The summed E-state index contributed by atoms with van der Waals surface area (Å²) in [4.78, 5) is 17.6. The second kappa shape index (κ2) is 8.39. The molecule has 2 N–H and O–H groups in total. The minimum absolute atomic E-state index is 0.0722. The van der Waals surface area contributed by atoms with Crippen molar-refractivity contribution in [1.29, 1.82) is 0 Å². The Morgan fingerprint density at radius 1 is 1.19 bits per heavy atom. The molecule has 1 aromatic carbocycles. The van der Waals surface area contributed by atoms with Crippen LogP contribution in [0.25, 0.3) is 11.0 Å². The van der Waals surface area contributed by atoms with Gasteiger partial charge >= 0.3 is 0 Å². The Kier molecular flexibility index (Phi) is 6.20. The number of nitrogens with one attached hydrogen (secondary N) is 2. The summed E-state index contributed by atoms with van der Waals surface area (Å²) in [5.41, 5.74) is 1.64. The van der Waals surface area contributed by atoms with Gasteiger partial charge in [-0.05, 0) is 59.2 Å². The smallest absolute Gasteiger partial charge is 0.253 e. The van der Waals surface area contributed by atoms with Crippen LogP contribution in [0.4, 0.5) is 0 Å². The van der Waals surface area contributed by atoms with E-state index in [0.717, 1.165) is 11.0 Å². The maximum absolute atomic E-state index is 12.9. The SMILES string of the molecule is Cc1nc2c(cnn2C(C)C)cc1C(=O)NCc1ccccc1S(=O)(=O)NC(C)(C)C. The van der Waals surface area contributed by atoms with Crippen molar-refractivity contribution in [2.24, 2.45) is 0 Å². The Labute approximate surface area is 183 Å². The molecule has 0 aliphatic rings. The number of nitrogens with zero attached hydrogens (tertiary/aromatic N) is 3. The number of sulfonamides is 1. The zero-order valence-corrected chi connectivity index (χ0v) is 19.5. The van der Waals surface area contributed by atoms with Crippen LogP contribution < -0.4 is 10.0 Å². The van der Waals surface area contributed by atoms with Crippen molar-refractivity contribution in [2.45, 2.75) is 64.6 Å². The molecule has 0 unspecified atom stereocenters. The molecule has 2 aromatic heterocycles. The van der Waals surface area contributed by atoms with Crippen molar-refractivity contribution < 1.29 is 13.2 Å². The standard InChI is InChI=1S/C22H29N5O3S/c1-14(2)27-20-17(13-24-27)11-18(15(3)25-20)21(28)23-12-16-9-7-8-10-19(16)31(29,30)26-22(4,5)6/h7-11,13-14,26H,12H2,1-6H3,(H,23,28). The van der Waals surface area contributed by atoms with Gasteiger partial charge in [0.2, 0.25) is 10.0 Å². The molecule has 0 radical (unpaired) electrons. The topological polar surface area (TPSA) is 106 Å². The van der Waals surface area contributed by atoms with E-state index in [4.69, 9.17) is 0 Å². The lowest BCUT2D eigenvalue weighted by Crippen LogP contribution is -2.41. The Morgan fingerprint density at radius 3 is 2.52 bits per heavy atom. The zero-order chi connectivity index (χ0) is 23.0. The molecular formula is C22H29N5O3S. The van der Waals surface area contributed by atoms with Crippen molar-refractivity contribution >= 4 is 27.0 Å². The Morgan fingerprint density at radius 2 is 1.87 bits per heavy atom. The third-order valence-corrected chi connectivity index (χ3v) is 6.49. The number of benzene rings is 1. The van der Waals surface area contributed by atoms with Gasteiger partial charge in [-0.2, -0.15) is 5.10 Å². The molecule has 0 atom stereocenters. The molecule has 0 bridgehead atoms. The molecule has 166 valence electrons. The monoisotopic (exact) mass is 443 g/mol. The number of carbonyl (C=O) groups excluding carboxylic acids is 1. The molecule has 0 aliphatic heterocycles. The van der Waals surface area contributed by atoms with Crippen LogP contribution in [0.1, 0.15) is 62.3 Å². The first-order valence-electron chi connectivity index (χ1n) is 10.1. The highest BCUT2D eigenvalue weighted by Gasteiger charge is 2.24. The third kappa shape index (κ3) is 5.11. The van der Waals surface area contributed by atoms with Gasteiger partial charge in [0.25, 0.3) is 5.91 Å². The number of pyridine rings is 1. The maximum atomic E-state index is 12.9. The molecule has 9 heteroatoms. The number of rotatable bonds is 6. The van der Waals surface area contributed by atoms with Crippen molar-refractivity contribution in [2.75, 3.05) is 0 Å². The lowest BCUT2D eigenvalue weighted by molar-refractivity contribution is 0.0949. The molecule has 0 aliphatic carbocycles. The Hall–Kier alpha value is -2.78. The van der Waals surface area contributed by atoms with E-state index in [0.29, 0.717) is 16.8 Å². The van der Waals surface area contributed by atoms with Crippen molar-refractivity contribution in [3.63, 3.8) is 0 Å². The molecule has 0 saturated heterocycles. The minimum atomic E-state index is -3.73. The van der Waals surface area contributed by atoms with Crippen LogP contribution in [-0.4, -0.2) is 34.6 Å². The highest BCUT2D eigenvalue weighted by Crippen LogP contribution is 2.21. The van der Waals surface area contributed by atoms with Crippen molar-refractivity contribution in [3.05, 3.63) is 53.3 Å². The predicted octanol–water partition coefficient (Wildman–Crippen LogP) is 3.33. The second-order valence-corrected chi connectivity index (χ2v) is 10.5. The molecule has 2 heterocycles. The summed E-state index contributed by atoms with van der Waals surface area (Å²) in [6.07, 6.45) is 1.69. The Balaban J connectivity index is 1.85. The molecule has 0 spiro atoms. The van der Waals surface area contributed by atoms with E-state index in [1.807, 2.05) is 18.5 Å². The van der Waals surface area contributed by atoms with E-state index in [2.05, 4.69) is 20.1 Å². The van der Waals surface area contributed by atoms with Gasteiger partial charge in [-0.15, -0.1) is 0 Å². The molecule has 3 aromatic rings. The lowest BCUT2D eigenvalue weighted by atomic mass is 10.1. The van der Waals surface area contributed by atoms with Crippen LogP contribution in [0.3, 0.4) is 0 Å². The summed E-state index contributed by atoms with van der Waals surface area (Å²) in [5, 5.41) is 7.95. The van der Waals surface area contributed by atoms with E-state index in [9.17, 15) is 13.2 Å². The van der Waals surface area contributed by atoms with Gasteiger partial charge in [0, 0.05) is 23.5 Å². The molecule has 8 nitrogen and oxygen atoms in total. The minimum Gasteiger partial charge on any atom is -0.348 e. The average molecular weight is 444 g/mol. The summed E-state index contributed by atoms with van der Waals surface area (Å²) >= 11 is 0. The first-order chi connectivity index (χ1) is 14.4. The highest BCUT2D eigenvalue weighted by molar-refractivity contribution is 7.89. The van der Waals surface area contributed by atoms with Crippen LogP contribution >= 0.6 is 0 Å². The fourth-order valence-corrected chi connectivity index (χ4v) is 4.97. The molecular weight excluding hydrogens is 414 g/mol. The van der Waals surface area contributed by atoms with E-state index in [1.54, 1.807) is 58.2 Å². The summed E-state index contributed by atoms with van der Waals surface area (Å²) in [7, 11) is -3.73. The van der Waals surface area contributed by atoms with Gasteiger partial charge in [0.05, 0.1) is 22.3 Å². The van der Waals surface area contributed by atoms with Gasteiger partial charge in [0.1, 0.15) is 0 Å². The quantitative estimate of drug-likeness (QED) is 0.608. The fraction of sp³-hybridized carbons (Fsp3) is 0.409. The number of carbonyl (C=O) groups is 1. The average Bonchev–Trinajstić information content (AvgIpc) is 3.06. The van der Waals surface area contributed by atoms with Gasteiger partial charge in [-0.3, -0.25) is 4.79 Å². The predicted molar refractivity (Wildman–Crippen MR) is 120 cm³/mol. The van der Waals surface area contributed by atoms with Gasteiger partial charge in [0.15, 0.2) is 5.65 Å².